The molecule has 2 heterocycles. The van der Waals surface area contributed by atoms with Crippen LogP contribution in [-0.2, 0) is 6.42 Å². The number of benzene rings is 5. The van der Waals surface area contributed by atoms with Gasteiger partial charge in [0, 0.05) is 33.2 Å². The summed E-state index contributed by atoms with van der Waals surface area (Å²) in [4.78, 5) is 0. The fourth-order valence-electron chi connectivity index (χ4n) is 7.39. The summed E-state index contributed by atoms with van der Waals surface area (Å²) >= 11 is 0. The lowest BCUT2D eigenvalue weighted by molar-refractivity contribution is 0.966. The summed E-state index contributed by atoms with van der Waals surface area (Å²) in [5.41, 5.74) is 14.1. The van der Waals surface area contributed by atoms with E-state index in [1.807, 2.05) is 0 Å². The van der Waals surface area contributed by atoms with Crippen LogP contribution < -0.4 is 0 Å². The summed E-state index contributed by atoms with van der Waals surface area (Å²) in [6, 6.07) is 42.6. The van der Waals surface area contributed by atoms with Gasteiger partial charge in [-0.2, -0.15) is 0 Å². The van der Waals surface area contributed by atoms with Gasteiger partial charge in [0.2, 0.25) is 0 Å². The molecule has 0 radical (unpaired) electrons. The maximum atomic E-state index is 2.50. The van der Waals surface area contributed by atoms with Crippen LogP contribution in [0.3, 0.4) is 0 Å². The van der Waals surface area contributed by atoms with Crippen molar-refractivity contribution in [3.05, 3.63) is 156 Å². The largest absolute Gasteiger partial charge is 0.309 e. The molecule has 0 atom stereocenters. The molecule has 0 saturated heterocycles. The van der Waals surface area contributed by atoms with Crippen molar-refractivity contribution in [2.45, 2.75) is 25.7 Å². The molecule has 0 unspecified atom stereocenters. The van der Waals surface area contributed by atoms with Gasteiger partial charge in [-0.3, -0.25) is 0 Å². The van der Waals surface area contributed by atoms with Crippen LogP contribution in [0.25, 0.3) is 66.9 Å². The first-order chi connectivity index (χ1) is 21.8. The molecule has 9 rings (SSSR count). The van der Waals surface area contributed by atoms with Gasteiger partial charge in [0.1, 0.15) is 0 Å². The molecule has 44 heavy (non-hydrogen) atoms. The normalized spacial score (nSPS) is 14.4. The van der Waals surface area contributed by atoms with Crippen molar-refractivity contribution in [2.75, 3.05) is 0 Å². The zero-order chi connectivity index (χ0) is 29.0. The maximum Gasteiger partial charge on any atom is 0.0547 e. The Balaban J connectivity index is 1.28. The average Bonchev–Trinajstić information content (AvgIpc) is 3.61. The van der Waals surface area contributed by atoms with Crippen LogP contribution in [0.1, 0.15) is 36.1 Å². The summed E-state index contributed by atoms with van der Waals surface area (Å²) in [5, 5.41) is 3.92. The van der Waals surface area contributed by atoms with Gasteiger partial charge in [-0.1, -0.05) is 103 Å². The molecule has 5 aromatic carbocycles. The van der Waals surface area contributed by atoms with Crippen molar-refractivity contribution in [3.8, 4) is 22.5 Å². The third kappa shape index (κ3) is 3.95. The van der Waals surface area contributed by atoms with E-state index in [-0.39, 0.29) is 0 Å². The second kappa shape index (κ2) is 10.1. The molecule has 2 heteroatoms. The van der Waals surface area contributed by atoms with Gasteiger partial charge in [-0.05, 0) is 96.0 Å². The van der Waals surface area contributed by atoms with Crippen LogP contribution >= 0.6 is 0 Å². The van der Waals surface area contributed by atoms with Crippen LogP contribution in [-0.4, -0.2) is 9.13 Å². The summed E-state index contributed by atoms with van der Waals surface area (Å²) < 4.78 is 4.94. The summed E-state index contributed by atoms with van der Waals surface area (Å²) in [6.45, 7) is 0. The highest BCUT2D eigenvalue weighted by atomic mass is 15.0. The number of aryl methyl sites for hydroxylation is 1. The fourth-order valence-corrected chi connectivity index (χ4v) is 7.39. The lowest BCUT2D eigenvalue weighted by Crippen LogP contribution is -2.02. The Morgan fingerprint density at radius 2 is 1.20 bits per heavy atom. The minimum absolute atomic E-state index is 1.08. The number of fused-ring (bicyclic) bond motifs is 6. The molecule has 0 amide bonds. The van der Waals surface area contributed by atoms with Gasteiger partial charge in [-0.25, -0.2) is 0 Å². The number of rotatable bonds is 4. The van der Waals surface area contributed by atoms with Gasteiger partial charge < -0.3 is 9.13 Å². The number of allylic oxidation sites excluding steroid dienone is 5. The van der Waals surface area contributed by atoms with Crippen LogP contribution in [0.15, 0.2) is 140 Å². The monoisotopic (exact) mass is 564 g/mol. The van der Waals surface area contributed by atoms with E-state index in [0.717, 1.165) is 25.7 Å². The van der Waals surface area contributed by atoms with E-state index in [1.54, 1.807) is 0 Å². The summed E-state index contributed by atoms with van der Waals surface area (Å²) in [7, 11) is 0. The van der Waals surface area contributed by atoms with Crippen molar-refractivity contribution < 1.29 is 0 Å². The molecule has 2 nitrogen and oxygen atoms in total. The molecule has 0 fully saturated rings. The molecule has 0 spiro atoms. The predicted octanol–water partition coefficient (Wildman–Crippen LogP) is 11.1. The van der Waals surface area contributed by atoms with E-state index >= 15 is 0 Å². The first kappa shape index (κ1) is 25.2. The third-order valence-corrected chi connectivity index (χ3v) is 9.46. The Kier molecular flexibility index (Phi) is 5.80. The van der Waals surface area contributed by atoms with E-state index in [1.165, 1.54) is 77.6 Å². The summed E-state index contributed by atoms with van der Waals surface area (Å²) in [6.07, 6.45) is 15.8. The quantitative estimate of drug-likeness (QED) is 0.201. The SMILES string of the molecule is C1=CCCC(c2ccc3c4c(n(-c5cccc(-n6c7ccccc7c7ccc(-c8ccccc8)cc76)c5)c3c2)C=CCC4)=C1. The van der Waals surface area contributed by atoms with Gasteiger partial charge in [0.05, 0.1) is 16.6 Å². The van der Waals surface area contributed by atoms with Crippen molar-refractivity contribution in [1.29, 1.82) is 0 Å². The third-order valence-electron chi connectivity index (χ3n) is 9.46. The smallest absolute Gasteiger partial charge is 0.0547 e. The Labute approximate surface area is 257 Å². The highest BCUT2D eigenvalue weighted by Gasteiger charge is 2.20. The van der Waals surface area contributed by atoms with Crippen molar-refractivity contribution in [2.24, 2.45) is 0 Å². The van der Waals surface area contributed by atoms with Gasteiger partial charge in [-0.15, -0.1) is 0 Å². The Morgan fingerprint density at radius 1 is 0.477 bits per heavy atom. The number of aromatic nitrogens is 2. The Hall–Kier alpha value is -5.34. The van der Waals surface area contributed by atoms with Crippen LogP contribution in [0.4, 0.5) is 0 Å². The zero-order valence-electron chi connectivity index (χ0n) is 24.6. The fraction of sp³-hybridized carbons (Fsp3) is 0.0952. The van der Waals surface area contributed by atoms with E-state index in [4.69, 9.17) is 0 Å². The van der Waals surface area contributed by atoms with Gasteiger partial charge >= 0.3 is 0 Å². The standard InChI is InChI=1S/C42H32N2/c1-3-12-29(13-4-1)31-22-24-37-35-18-7-9-20-39(35)43(41(37)26-31)33-16-11-17-34(28-33)44-40-21-10-8-19-36(40)38-25-23-32(27-42(38)44)30-14-5-2-6-15-30/h1-5,7,9-14,16-18,20-28H,6,8,15,19H2. The molecule has 0 N–H and O–H groups in total. The lowest BCUT2D eigenvalue weighted by atomic mass is 9.95. The first-order valence-corrected chi connectivity index (χ1v) is 15.7. The molecule has 2 aromatic heterocycles. The van der Waals surface area contributed by atoms with E-state index in [9.17, 15) is 0 Å². The number of nitrogens with zero attached hydrogens (tertiary/aromatic N) is 2. The maximum absolute atomic E-state index is 2.50. The lowest BCUT2D eigenvalue weighted by Gasteiger charge is -2.15. The number of hydrogen-bond acceptors (Lipinski definition) is 0. The van der Waals surface area contributed by atoms with Crippen LogP contribution in [0, 0.1) is 0 Å². The molecule has 210 valence electrons. The molecule has 7 aromatic rings. The molecule has 0 bridgehead atoms. The molecule has 2 aliphatic carbocycles. The van der Waals surface area contributed by atoms with Gasteiger partial charge in [0.25, 0.3) is 0 Å². The van der Waals surface area contributed by atoms with Crippen molar-refractivity contribution >= 4 is 44.4 Å². The molecule has 0 aliphatic heterocycles. The topological polar surface area (TPSA) is 9.86 Å². The number of hydrogen-bond donors (Lipinski definition) is 0. The molecular weight excluding hydrogens is 532 g/mol. The minimum Gasteiger partial charge on any atom is -0.309 e. The number of para-hydroxylation sites is 1. The molecule has 0 saturated carbocycles. The van der Waals surface area contributed by atoms with Crippen LogP contribution in [0.5, 0.6) is 0 Å². The van der Waals surface area contributed by atoms with E-state index < -0.39 is 0 Å². The van der Waals surface area contributed by atoms with E-state index in [0.29, 0.717) is 0 Å². The second-order valence-electron chi connectivity index (χ2n) is 12.0. The second-order valence-corrected chi connectivity index (χ2v) is 12.0. The Morgan fingerprint density at radius 3 is 2.09 bits per heavy atom. The van der Waals surface area contributed by atoms with Crippen molar-refractivity contribution in [1.82, 2.24) is 9.13 Å². The summed E-state index contributed by atoms with van der Waals surface area (Å²) in [5.74, 6) is 0. The zero-order valence-corrected chi connectivity index (χ0v) is 24.6. The predicted molar refractivity (Wildman–Crippen MR) is 187 cm³/mol. The highest BCUT2D eigenvalue weighted by Crippen LogP contribution is 2.38. The highest BCUT2D eigenvalue weighted by molar-refractivity contribution is 6.10. The average molecular weight is 565 g/mol. The molecule has 2 aliphatic rings. The van der Waals surface area contributed by atoms with Crippen molar-refractivity contribution in [3.63, 3.8) is 0 Å². The molecular formula is C42H32N2. The van der Waals surface area contributed by atoms with E-state index in [2.05, 4.69) is 155 Å². The van der Waals surface area contributed by atoms with Gasteiger partial charge in [0.15, 0.2) is 0 Å². The first-order valence-electron chi connectivity index (χ1n) is 15.7. The minimum atomic E-state index is 1.08. The van der Waals surface area contributed by atoms with Crippen LogP contribution in [0.2, 0.25) is 0 Å². The Bertz CT molecular complexity index is 2320.